The van der Waals surface area contributed by atoms with Crippen LogP contribution in [0.3, 0.4) is 0 Å². The second-order valence-corrected chi connectivity index (χ2v) is 6.06. The van der Waals surface area contributed by atoms with Crippen LogP contribution in [0.15, 0.2) is 29.3 Å². The first-order valence-electron chi connectivity index (χ1n) is 8.39. The van der Waals surface area contributed by atoms with Gasteiger partial charge in [0, 0.05) is 33.8 Å². The Labute approximate surface area is 162 Å². The topological polar surface area (TPSA) is 46.1 Å². The van der Waals surface area contributed by atoms with Gasteiger partial charge in [0.1, 0.15) is 12.4 Å². The van der Waals surface area contributed by atoms with Gasteiger partial charge in [-0.2, -0.15) is 0 Å². The molecule has 1 N–H and O–H groups in total. The minimum absolute atomic E-state index is 0. The van der Waals surface area contributed by atoms with Gasteiger partial charge in [-0.3, -0.25) is 4.99 Å². The summed E-state index contributed by atoms with van der Waals surface area (Å²) in [6.45, 7) is 6.46. The molecule has 136 valence electrons. The first-order valence-corrected chi connectivity index (χ1v) is 8.39. The zero-order valence-electron chi connectivity index (χ0n) is 15.0. The van der Waals surface area contributed by atoms with Crippen molar-refractivity contribution in [1.82, 2.24) is 10.2 Å². The average Bonchev–Trinajstić information content (AvgIpc) is 2.58. The van der Waals surface area contributed by atoms with Gasteiger partial charge in [0.05, 0.1) is 6.61 Å². The van der Waals surface area contributed by atoms with Crippen molar-refractivity contribution < 1.29 is 9.47 Å². The third-order valence-corrected chi connectivity index (χ3v) is 4.23. The number of methoxy groups -OCH3 is 1. The van der Waals surface area contributed by atoms with E-state index in [-0.39, 0.29) is 24.0 Å². The van der Waals surface area contributed by atoms with E-state index in [0.29, 0.717) is 13.2 Å². The summed E-state index contributed by atoms with van der Waals surface area (Å²) in [7, 11) is 3.53. The van der Waals surface area contributed by atoms with Crippen LogP contribution in [0, 0.1) is 5.92 Å². The lowest BCUT2D eigenvalue weighted by Gasteiger charge is -2.32. The summed E-state index contributed by atoms with van der Waals surface area (Å²) >= 11 is 0. The molecule has 1 saturated heterocycles. The van der Waals surface area contributed by atoms with E-state index >= 15 is 0 Å². The van der Waals surface area contributed by atoms with Crippen LogP contribution < -0.4 is 10.1 Å². The van der Waals surface area contributed by atoms with Crippen molar-refractivity contribution in [3.8, 4) is 5.75 Å². The molecule has 1 fully saturated rings. The molecule has 0 atom stereocenters. The van der Waals surface area contributed by atoms with Crippen molar-refractivity contribution in [2.75, 3.05) is 40.5 Å². The van der Waals surface area contributed by atoms with Gasteiger partial charge in [0.2, 0.25) is 0 Å². The molecule has 0 radical (unpaired) electrons. The number of halogens is 1. The van der Waals surface area contributed by atoms with Crippen molar-refractivity contribution >= 4 is 29.9 Å². The van der Waals surface area contributed by atoms with E-state index < -0.39 is 0 Å². The molecule has 1 aliphatic rings. The number of hydrogen-bond acceptors (Lipinski definition) is 3. The van der Waals surface area contributed by atoms with Crippen molar-refractivity contribution in [3.63, 3.8) is 0 Å². The highest BCUT2D eigenvalue weighted by Gasteiger charge is 2.18. The van der Waals surface area contributed by atoms with Crippen LogP contribution in [0.2, 0.25) is 0 Å². The number of nitrogens with zero attached hydrogens (tertiary/aromatic N) is 2. The highest BCUT2D eigenvalue weighted by atomic mass is 127. The molecule has 0 saturated carbocycles. The molecule has 6 heteroatoms. The third-order valence-electron chi connectivity index (χ3n) is 4.23. The highest BCUT2D eigenvalue weighted by Crippen LogP contribution is 2.16. The molecule has 0 aromatic heterocycles. The summed E-state index contributed by atoms with van der Waals surface area (Å²) in [4.78, 5) is 6.76. The van der Waals surface area contributed by atoms with Gasteiger partial charge in [0.25, 0.3) is 0 Å². The van der Waals surface area contributed by atoms with E-state index in [0.717, 1.165) is 37.3 Å². The van der Waals surface area contributed by atoms with Gasteiger partial charge in [-0.25, -0.2) is 0 Å². The second kappa shape index (κ2) is 11.5. The lowest BCUT2D eigenvalue weighted by Crippen LogP contribution is -2.45. The Hall–Kier alpha value is -1.02. The van der Waals surface area contributed by atoms with Crippen LogP contribution in [-0.4, -0.2) is 51.3 Å². The molecular weight excluding hydrogens is 417 g/mol. The predicted octanol–water partition coefficient (Wildman–Crippen LogP) is 3.14. The quantitative estimate of drug-likeness (QED) is 0.315. The normalized spacial score (nSPS) is 15.8. The number of nitrogens with one attached hydrogen (secondary N) is 1. The number of guanidine groups is 1. The SMILES string of the molecule is CN=C(NCc1ccc(OCCOC)cc1)N1CCC(C)CC1.I. The first-order chi connectivity index (χ1) is 11.2. The van der Waals surface area contributed by atoms with E-state index in [4.69, 9.17) is 9.47 Å². The number of piperidine rings is 1. The second-order valence-electron chi connectivity index (χ2n) is 6.06. The van der Waals surface area contributed by atoms with Crippen LogP contribution in [0.1, 0.15) is 25.3 Å². The zero-order valence-corrected chi connectivity index (χ0v) is 17.3. The smallest absolute Gasteiger partial charge is 0.193 e. The predicted molar refractivity (Wildman–Crippen MR) is 109 cm³/mol. The summed E-state index contributed by atoms with van der Waals surface area (Å²) in [6, 6.07) is 8.16. The molecule has 1 heterocycles. The number of likely N-dealkylation sites (tertiary alicyclic amines) is 1. The fraction of sp³-hybridized carbons (Fsp3) is 0.611. The fourth-order valence-electron chi connectivity index (χ4n) is 2.68. The molecule has 24 heavy (non-hydrogen) atoms. The minimum Gasteiger partial charge on any atom is -0.491 e. The fourth-order valence-corrected chi connectivity index (χ4v) is 2.68. The number of rotatable bonds is 6. The third kappa shape index (κ3) is 6.84. The maximum Gasteiger partial charge on any atom is 0.193 e. The largest absolute Gasteiger partial charge is 0.491 e. The average molecular weight is 447 g/mol. The first kappa shape index (κ1) is 21.0. The minimum atomic E-state index is 0. The van der Waals surface area contributed by atoms with Gasteiger partial charge in [-0.1, -0.05) is 19.1 Å². The summed E-state index contributed by atoms with van der Waals surface area (Å²) < 4.78 is 10.6. The van der Waals surface area contributed by atoms with E-state index in [1.807, 2.05) is 19.2 Å². The van der Waals surface area contributed by atoms with Crippen molar-refractivity contribution in [1.29, 1.82) is 0 Å². The summed E-state index contributed by atoms with van der Waals surface area (Å²) in [6.07, 6.45) is 2.49. The summed E-state index contributed by atoms with van der Waals surface area (Å²) in [5.74, 6) is 2.70. The Morgan fingerprint density at radius 3 is 2.46 bits per heavy atom. The van der Waals surface area contributed by atoms with Gasteiger partial charge in [0.15, 0.2) is 5.96 Å². The maximum absolute atomic E-state index is 5.58. The lowest BCUT2D eigenvalue weighted by molar-refractivity contribution is 0.146. The summed E-state index contributed by atoms with van der Waals surface area (Å²) in [5.41, 5.74) is 1.22. The molecule has 1 aromatic carbocycles. The Morgan fingerprint density at radius 2 is 1.88 bits per heavy atom. The highest BCUT2D eigenvalue weighted by molar-refractivity contribution is 14.0. The van der Waals surface area contributed by atoms with E-state index in [2.05, 4.69) is 34.3 Å². The molecule has 0 unspecified atom stereocenters. The Morgan fingerprint density at radius 1 is 1.21 bits per heavy atom. The number of hydrogen-bond donors (Lipinski definition) is 1. The van der Waals surface area contributed by atoms with Crippen LogP contribution in [-0.2, 0) is 11.3 Å². The van der Waals surface area contributed by atoms with E-state index in [1.165, 1.54) is 18.4 Å². The molecule has 0 aliphatic carbocycles. The van der Waals surface area contributed by atoms with Crippen molar-refractivity contribution in [2.24, 2.45) is 10.9 Å². The Kier molecular flexibility index (Phi) is 10.1. The molecular formula is C18H30IN3O2. The standard InChI is InChI=1S/C18H29N3O2.HI/c1-15-8-10-21(11-9-15)18(19-2)20-14-16-4-6-17(7-5-16)23-13-12-22-3;/h4-7,15H,8-14H2,1-3H3,(H,19,20);1H. The number of ether oxygens (including phenoxy) is 2. The monoisotopic (exact) mass is 447 g/mol. The Balaban J connectivity index is 0.00000288. The van der Waals surface area contributed by atoms with E-state index in [1.54, 1.807) is 7.11 Å². The molecule has 0 spiro atoms. The Bertz CT molecular complexity index is 486. The van der Waals surface area contributed by atoms with Gasteiger partial charge in [-0.05, 0) is 36.5 Å². The maximum atomic E-state index is 5.58. The molecule has 0 amide bonds. The van der Waals surface area contributed by atoms with Crippen molar-refractivity contribution in [3.05, 3.63) is 29.8 Å². The number of aliphatic imine (C=N–C) groups is 1. The van der Waals surface area contributed by atoms with Crippen LogP contribution in [0.4, 0.5) is 0 Å². The molecule has 2 rings (SSSR count). The van der Waals surface area contributed by atoms with Gasteiger partial charge < -0.3 is 19.7 Å². The van der Waals surface area contributed by atoms with Gasteiger partial charge >= 0.3 is 0 Å². The van der Waals surface area contributed by atoms with Crippen molar-refractivity contribution in [2.45, 2.75) is 26.3 Å². The van der Waals surface area contributed by atoms with Crippen LogP contribution in [0.5, 0.6) is 5.75 Å². The van der Waals surface area contributed by atoms with Crippen LogP contribution >= 0.6 is 24.0 Å². The molecule has 0 bridgehead atoms. The molecule has 5 nitrogen and oxygen atoms in total. The van der Waals surface area contributed by atoms with E-state index in [9.17, 15) is 0 Å². The lowest BCUT2D eigenvalue weighted by atomic mass is 10.00. The molecule has 1 aliphatic heterocycles. The summed E-state index contributed by atoms with van der Waals surface area (Å²) in [5, 5.41) is 3.46. The van der Waals surface area contributed by atoms with Gasteiger partial charge in [-0.15, -0.1) is 24.0 Å². The zero-order chi connectivity index (χ0) is 16.5. The number of benzene rings is 1. The van der Waals surface area contributed by atoms with Crippen LogP contribution in [0.25, 0.3) is 0 Å². The molecule has 1 aromatic rings.